The summed E-state index contributed by atoms with van der Waals surface area (Å²) in [6, 6.07) is 23.7. The van der Waals surface area contributed by atoms with Crippen molar-refractivity contribution in [3.8, 4) is 11.1 Å². The van der Waals surface area contributed by atoms with Gasteiger partial charge in [0.1, 0.15) is 24.2 Å². The third-order valence-electron chi connectivity index (χ3n) is 10.7. The van der Waals surface area contributed by atoms with Crippen molar-refractivity contribution in [2.45, 2.75) is 49.9 Å². The number of amides is 6. The number of rotatable bonds is 10. The molecule has 0 radical (unpaired) electrons. The van der Waals surface area contributed by atoms with Crippen LogP contribution in [-0.4, -0.2) is 90.8 Å². The summed E-state index contributed by atoms with van der Waals surface area (Å²) in [5.41, 5.74) is 3.86. The predicted molar refractivity (Wildman–Crippen MR) is 211 cm³/mol. The van der Waals surface area contributed by atoms with E-state index >= 15 is 0 Å². The first-order valence-corrected chi connectivity index (χ1v) is 18.9. The second-order valence-electron chi connectivity index (χ2n) is 14.2. The van der Waals surface area contributed by atoms with E-state index in [0.717, 1.165) is 0 Å². The van der Waals surface area contributed by atoms with Gasteiger partial charge >= 0.3 is 12.2 Å². The van der Waals surface area contributed by atoms with Crippen molar-refractivity contribution in [3.05, 3.63) is 119 Å². The molecule has 4 aromatic carbocycles. The van der Waals surface area contributed by atoms with Gasteiger partial charge in [-0.05, 0) is 72.2 Å². The molecule has 58 heavy (non-hydrogen) atoms. The maximum absolute atomic E-state index is 13.8. The van der Waals surface area contributed by atoms with Gasteiger partial charge in [0.25, 0.3) is 11.8 Å². The van der Waals surface area contributed by atoms with Crippen molar-refractivity contribution in [2.24, 2.45) is 0 Å². The average Bonchev–Trinajstić information content (AvgIpc) is 4.01. The molecule has 4 N–H and O–H groups in total. The zero-order valence-electron chi connectivity index (χ0n) is 31.9. The standard InChI is InChI=1S/C43H42N6O9/c1-57-42(55)46-35(25-11-5-3-6-12-25)40(53)48-21-9-15-33(48)38(51)44-27-17-19-29-30-20-18-28(24-32(30)37(50)31(29)23-27)45-39(52)34-16-10-22-49(34)41(54)36(47-43(56)58-2)26-13-7-4-8-14-26/h3-8,11-14,17-20,23-24,33-36H,9-10,15-16,21-22H2,1-2H3,(H,44,51)(H,45,52)(H,46,55)(H,47,56). The van der Waals surface area contributed by atoms with Crippen LogP contribution in [0.2, 0.25) is 0 Å². The van der Waals surface area contributed by atoms with Crippen LogP contribution in [0.3, 0.4) is 0 Å². The number of ketones is 1. The SMILES string of the molecule is COC(=O)NC(C(=O)N1CCCC1C(=O)Nc1ccc2c(c1)C(=O)c1cc(NC(=O)C3CCCN3C(=O)C(NC(=O)OC)c3ccccc3)ccc1-2)c1ccccc1. The summed E-state index contributed by atoms with van der Waals surface area (Å²) >= 11 is 0. The largest absolute Gasteiger partial charge is 0.453 e. The number of benzene rings is 4. The summed E-state index contributed by atoms with van der Waals surface area (Å²) in [6.45, 7) is 0.631. The lowest BCUT2D eigenvalue weighted by molar-refractivity contribution is -0.138. The van der Waals surface area contributed by atoms with E-state index in [0.29, 0.717) is 83.5 Å². The molecule has 1 aliphatic carbocycles. The first-order valence-electron chi connectivity index (χ1n) is 18.9. The van der Waals surface area contributed by atoms with Crippen LogP contribution >= 0.6 is 0 Å². The van der Waals surface area contributed by atoms with Gasteiger partial charge in [-0.3, -0.25) is 24.0 Å². The summed E-state index contributed by atoms with van der Waals surface area (Å²) in [6.07, 6.45) is 0.415. The Balaban J connectivity index is 1.02. The molecule has 4 unspecified atom stereocenters. The molecule has 2 saturated heterocycles. The molecule has 0 saturated carbocycles. The minimum Gasteiger partial charge on any atom is -0.453 e. The molecule has 298 valence electrons. The van der Waals surface area contributed by atoms with Crippen LogP contribution in [0.15, 0.2) is 97.1 Å². The Hall–Kier alpha value is -7.03. The van der Waals surface area contributed by atoms with Gasteiger partial charge in [0.15, 0.2) is 5.78 Å². The number of hydrogen-bond donors (Lipinski definition) is 4. The fourth-order valence-electron chi connectivity index (χ4n) is 7.84. The molecule has 15 heteroatoms. The third kappa shape index (κ3) is 7.96. The number of carbonyl (C=O) groups excluding carboxylic acids is 7. The van der Waals surface area contributed by atoms with Gasteiger partial charge in [0.2, 0.25) is 11.8 Å². The zero-order chi connectivity index (χ0) is 40.9. The van der Waals surface area contributed by atoms with Gasteiger partial charge in [0, 0.05) is 35.6 Å². The van der Waals surface area contributed by atoms with E-state index in [1.807, 2.05) is 0 Å². The molecule has 2 fully saturated rings. The van der Waals surface area contributed by atoms with Crippen molar-refractivity contribution < 1.29 is 43.0 Å². The number of ether oxygens (including phenoxy) is 2. The molecule has 3 aliphatic rings. The normalized spacial score (nSPS) is 17.7. The van der Waals surface area contributed by atoms with Gasteiger partial charge in [0.05, 0.1) is 14.2 Å². The Labute approximate surface area is 334 Å². The monoisotopic (exact) mass is 786 g/mol. The van der Waals surface area contributed by atoms with E-state index in [-0.39, 0.29) is 5.78 Å². The maximum atomic E-state index is 13.8. The van der Waals surface area contributed by atoms with Crippen molar-refractivity contribution >= 4 is 53.0 Å². The van der Waals surface area contributed by atoms with Crippen molar-refractivity contribution in [1.82, 2.24) is 20.4 Å². The summed E-state index contributed by atoms with van der Waals surface area (Å²) in [4.78, 5) is 96.0. The molecule has 2 aliphatic heterocycles. The molecule has 4 aromatic rings. The zero-order valence-corrected chi connectivity index (χ0v) is 31.9. The minimum absolute atomic E-state index is 0.299. The second kappa shape index (κ2) is 17.0. The van der Waals surface area contributed by atoms with Crippen molar-refractivity contribution in [2.75, 3.05) is 37.9 Å². The third-order valence-corrected chi connectivity index (χ3v) is 10.7. The number of fused-ring (bicyclic) bond motifs is 3. The highest BCUT2D eigenvalue weighted by Crippen LogP contribution is 2.39. The Morgan fingerprint density at radius 1 is 0.569 bits per heavy atom. The van der Waals surface area contributed by atoms with E-state index < -0.39 is 60.0 Å². The van der Waals surface area contributed by atoms with E-state index in [1.165, 1.54) is 24.0 Å². The smallest absolute Gasteiger partial charge is 0.407 e. The lowest BCUT2D eigenvalue weighted by Gasteiger charge is -2.28. The van der Waals surface area contributed by atoms with E-state index in [2.05, 4.69) is 21.3 Å². The molecule has 7 rings (SSSR count). The number of alkyl carbamates (subject to hydrolysis) is 2. The van der Waals surface area contributed by atoms with Gasteiger partial charge in [-0.2, -0.15) is 0 Å². The van der Waals surface area contributed by atoms with Crippen LogP contribution < -0.4 is 21.3 Å². The maximum Gasteiger partial charge on any atom is 0.407 e. The number of carbonyl (C=O) groups is 7. The average molecular weight is 787 g/mol. The second-order valence-corrected chi connectivity index (χ2v) is 14.2. The number of hydrogen-bond acceptors (Lipinski definition) is 9. The van der Waals surface area contributed by atoms with Crippen LogP contribution in [0, 0.1) is 0 Å². The number of likely N-dealkylation sites (tertiary alicyclic amines) is 2. The van der Waals surface area contributed by atoms with E-state index in [4.69, 9.17) is 9.47 Å². The van der Waals surface area contributed by atoms with E-state index in [9.17, 15) is 33.6 Å². The molecule has 2 heterocycles. The molecular formula is C43H42N6O9. The van der Waals surface area contributed by atoms with E-state index in [1.54, 1.807) is 97.1 Å². The van der Waals surface area contributed by atoms with Crippen molar-refractivity contribution in [1.29, 1.82) is 0 Å². The molecule has 0 aromatic heterocycles. The highest BCUT2D eigenvalue weighted by Gasteiger charge is 2.40. The van der Waals surface area contributed by atoms with Gasteiger partial charge in [-0.25, -0.2) is 9.59 Å². The Morgan fingerprint density at radius 2 is 0.966 bits per heavy atom. The fourth-order valence-corrected chi connectivity index (χ4v) is 7.84. The summed E-state index contributed by atoms with van der Waals surface area (Å²) in [7, 11) is 2.41. The van der Waals surface area contributed by atoms with Crippen LogP contribution in [-0.2, 0) is 28.7 Å². The molecule has 0 spiro atoms. The molecule has 15 nitrogen and oxygen atoms in total. The Bertz CT molecular complexity index is 2110. The number of anilines is 2. The minimum atomic E-state index is -1.06. The fraction of sp³-hybridized carbons (Fsp3) is 0.279. The lowest BCUT2D eigenvalue weighted by Crippen LogP contribution is -2.48. The van der Waals surface area contributed by atoms with Crippen molar-refractivity contribution in [3.63, 3.8) is 0 Å². The van der Waals surface area contributed by atoms with Gasteiger partial charge < -0.3 is 40.5 Å². The summed E-state index contributed by atoms with van der Waals surface area (Å²) < 4.78 is 9.51. The lowest BCUT2D eigenvalue weighted by atomic mass is 10.0. The highest BCUT2D eigenvalue weighted by molar-refractivity contribution is 6.23. The topological polar surface area (TPSA) is 193 Å². The number of methoxy groups -OCH3 is 2. The number of nitrogens with zero attached hydrogens (tertiary/aromatic N) is 2. The first kappa shape index (κ1) is 39.2. The summed E-state index contributed by atoms with van der Waals surface area (Å²) in [5, 5.41) is 10.9. The van der Waals surface area contributed by atoms with Gasteiger partial charge in [-0.15, -0.1) is 0 Å². The predicted octanol–water partition coefficient (Wildman–Crippen LogP) is 4.95. The molecule has 4 atom stereocenters. The first-order chi connectivity index (χ1) is 28.1. The molecule has 6 amide bonds. The van der Waals surface area contributed by atoms with Crippen LogP contribution in [0.4, 0.5) is 21.0 Å². The molecular weight excluding hydrogens is 745 g/mol. The van der Waals surface area contributed by atoms with Crippen LogP contribution in [0.5, 0.6) is 0 Å². The highest BCUT2D eigenvalue weighted by atomic mass is 16.5. The Kier molecular flexibility index (Phi) is 11.5. The Morgan fingerprint density at radius 3 is 1.34 bits per heavy atom. The molecule has 0 bridgehead atoms. The van der Waals surface area contributed by atoms with Crippen LogP contribution in [0.25, 0.3) is 11.1 Å². The van der Waals surface area contributed by atoms with Gasteiger partial charge in [-0.1, -0.05) is 72.8 Å². The summed E-state index contributed by atoms with van der Waals surface area (Å²) in [5.74, 6) is -2.06. The number of nitrogens with one attached hydrogen (secondary N) is 4. The quantitative estimate of drug-likeness (QED) is 0.152. The van der Waals surface area contributed by atoms with Crippen LogP contribution in [0.1, 0.15) is 64.8 Å².